The molecule has 0 spiro atoms. The Kier molecular flexibility index (Phi) is 4.41. The number of ether oxygens (including phenoxy) is 1. The average molecular weight is 376 g/mol. The molecule has 0 saturated heterocycles. The first-order chi connectivity index (χ1) is 13.5. The predicted octanol–water partition coefficient (Wildman–Crippen LogP) is 4.66. The van der Waals surface area contributed by atoms with E-state index in [1.807, 2.05) is 48.5 Å². The van der Waals surface area contributed by atoms with Crippen LogP contribution in [0, 0.1) is 10.1 Å². The topological polar surface area (TPSA) is 102 Å². The highest BCUT2D eigenvalue weighted by Crippen LogP contribution is 2.44. The molecule has 0 radical (unpaired) electrons. The molecule has 0 fully saturated rings. The molecule has 0 bridgehead atoms. The number of hydrogen-bond acceptors (Lipinski definition) is 5. The van der Waals surface area contributed by atoms with E-state index < -0.39 is 16.8 Å². The summed E-state index contributed by atoms with van der Waals surface area (Å²) in [5.74, 6) is -0.480. The molecule has 0 heterocycles. The molecule has 3 aromatic carbocycles. The van der Waals surface area contributed by atoms with Crippen molar-refractivity contribution in [2.24, 2.45) is 0 Å². The second-order valence-electron chi connectivity index (χ2n) is 6.41. The van der Waals surface area contributed by atoms with E-state index in [0.717, 1.165) is 28.3 Å². The van der Waals surface area contributed by atoms with Gasteiger partial charge in [-0.3, -0.25) is 15.4 Å². The number of aromatic hydroxyl groups is 1. The Morgan fingerprint density at radius 1 is 1.04 bits per heavy atom. The zero-order valence-electron chi connectivity index (χ0n) is 14.7. The number of hydrogen-bond donors (Lipinski definition) is 2. The summed E-state index contributed by atoms with van der Waals surface area (Å²) in [5.41, 5.74) is 4.21. The third kappa shape index (κ3) is 3.14. The molecule has 0 aliphatic heterocycles. The van der Waals surface area contributed by atoms with Gasteiger partial charge in [-0.25, -0.2) is 4.79 Å². The predicted molar refractivity (Wildman–Crippen MR) is 103 cm³/mol. The van der Waals surface area contributed by atoms with Gasteiger partial charge in [-0.05, 0) is 28.3 Å². The summed E-state index contributed by atoms with van der Waals surface area (Å²) in [4.78, 5) is 22.3. The highest BCUT2D eigenvalue weighted by Gasteiger charge is 2.29. The second kappa shape index (κ2) is 7.03. The minimum Gasteiger partial charge on any atom is -0.506 e. The lowest BCUT2D eigenvalue weighted by Crippen LogP contribution is -2.18. The summed E-state index contributed by atoms with van der Waals surface area (Å²) in [6.07, 6.45) is -0.744. The summed E-state index contributed by atoms with van der Waals surface area (Å²) in [5, 5.41) is 23.0. The molecule has 4 rings (SSSR count). The lowest BCUT2D eigenvalue weighted by Gasteiger charge is -2.15. The maximum Gasteiger partial charge on any atom is 0.411 e. The number of fused-ring (bicyclic) bond motifs is 3. The van der Waals surface area contributed by atoms with Crippen molar-refractivity contribution in [1.29, 1.82) is 0 Å². The molecule has 3 aromatic rings. The average Bonchev–Trinajstić information content (AvgIpc) is 3.02. The van der Waals surface area contributed by atoms with Gasteiger partial charge in [-0.1, -0.05) is 48.5 Å². The third-order valence-electron chi connectivity index (χ3n) is 4.77. The van der Waals surface area contributed by atoms with Crippen LogP contribution < -0.4 is 5.32 Å². The van der Waals surface area contributed by atoms with Gasteiger partial charge >= 0.3 is 6.09 Å². The van der Waals surface area contributed by atoms with Crippen molar-refractivity contribution in [3.05, 3.63) is 88.0 Å². The van der Waals surface area contributed by atoms with E-state index in [0.29, 0.717) is 0 Å². The van der Waals surface area contributed by atoms with Crippen molar-refractivity contribution < 1.29 is 19.6 Å². The molecule has 2 N–H and O–H groups in total. The number of nitro benzene ring substituents is 1. The molecule has 0 aromatic heterocycles. The summed E-state index contributed by atoms with van der Waals surface area (Å²) in [7, 11) is 0. The molecule has 7 nitrogen and oxygen atoms in total. The molecule has 1 aliphatic carbocycles. The van der Waals surface area contributed by atoms with Crippen molar-refractivity contribution in [3.8, 4) is 16.9 Å². The van der Waals surface area contributed by atoms with Gasteiger partial charge in [0, 0.05) is 12.0 Å². The molecular formula is C21H16N2O5. The molecule has 140 valence electrons. The molecule has 7 heteroatoms. The number of phenolic OH excluding ortho intramolecular Hbond substituents is 1. The normalized spacial score (nSPS) is 12.1. The van der Waals surface area contributed by atoms with E-state index in [4.69, 9.17) is 4.74 Å². The number of anilines is 1. The molecular weight excluding hydrogens is 360 g/mol. The summed E-state index contributed by atoms with van der Waals surface area (Å²) in [6, 6.07) is 19.4. The van der Waals surface area contributed by atoms with Crippen LogP contribution in [-0.2, 0) is 4.74 Å². The van der Waals surface area contributed by atoms with Crippen LogP contribution in [0.4, 0.5) is 16.2 Å². The number of amides is 1. The monoisotopic (exact) mass is 376 g/mol. The van der Waals surface area contributed by atoms with Gasteiger partial charge in [0.15, 0.2) is 0 Å². The van der Waals surface area contributed by atoms with Gasteiger partial charge in [0.25, 0.3) is 5.69 Å². The number of non-ortho nitro benzene ring substituents is 1. The maximum atomic E-state index is 12.2. The third-order valence-corrected chi connectivity index (χ3v) is 4.77. The van der Waals surface area contributed by atoms with Crippen LogP contribution in [0.5, 0.6) is 5.75 Å². The first-order valence-electron chi connectivity index (χ1n) is 8.64. The Bertz CT molecular complexity index is 1030. The molecule has 1 aliphatic rings. The van der Waals surface area contributed by atoms with E-state index in [1.165, 1.54) is 12.1 Å². The van der Waals surface area contributed by atoms with Crippen molar-refractivity contribution in [1.82, 2.24) is 0 Å². The van der Waals surface area contributed by atoms with Crippen LogP contribution in [0.25, 0.3) is 11.1 Å². The van der Waals surface area contributed by atoms with E-state index >= 15 is 0 Å². The Balaban J connectivity index is 1.48. The largest absolute Gasteiger partial charge is 0.506 e. The number of nitrogens with one attached hydrogen (secondary N) is 1. The van der Waals surface area contributed by atoms with Gasteiger partial charge in [0.1, 0.15) is 12.4 Å². The minimum absolute atomic E-state index is 0.0443. The molecule has 28 heavy (non-hydrogen) atoms. The lowest BCUT2D eigenvalue weighted by atomic mass is 9.98. The lowest BCUT2D eigenvalue weighted by molar-refractivity contribution is -0.384. The van der Waals surface area contributed by atoms with Gasteiger partial charge < -0.3 is 9.84 Å². The number of carbonyl (C=O) groups is 1. The van der Waals surface area contributed by atoms with Crippen LogP contribution >= 0.6 is 0 Å². The van der Waals surface area contributed by atoms with Crippen molar-refractivity contribution >= 4 is 17.5 Å². The number of benzene rings is 3. The van der Waals surface area contributed by atoms with Crippen LogP contribution in [0.2, 0.25) is 0 Å². The van der Waals surface area contributed by atoms with Gasteiger partial charge in [-0.15, -0.1) is 0 Å². The first kappa shape index (κ1) is 17.5. The van der Waals surface area contributed by atoms with Crippen LogP contribution in [0.1, 0.15) is 17.0 Å². The van der Waals surface area contributed by atoms with Gasteiger partial charge in [0.2, 0.25) is 0 Å². The Hall–Kier alpha value is -3.87. The zero-order chi connectivity index (χ0) is 19.7. The van der Waals surface area contributed by atoms with Gasteiger partial charge in [0.05, 0.1) is 16.7 Å². The highest BCUT2D eigenvalue weighted by atomic mass is 16.6. The number of nitro groups is 1. The van der Waals surface area contributed by atoms with E-state index in [1.54, 1.807) is 0 Å². The SMILES string of the molecule is O=C(Nc1ccc([N+](=O)[O-])cc1O)OCC1c2ccccc2-c2ccccc21. The molecule has 0 saturated carbocycles. The van der Waals surface area contributed by atoms with Crippen LogP contribution in [0.3, 0.4) is 0 Å². The smallest absolute Gasteiger partial charge is 0.411 e. The van der Waals surface area contributed by atoms with Crippen molar-refractivity contribution in [2.75, 3.05) is 11.9 Å². The van der Waals surface area contributed by atoms with E-state index in [-0.39, 0.29) is 23.9 Å². The van der Waals surface area contributed by atoms with Crippen LogP contribution in [0.15, 0.2) is 66.7 Å². The Labute approximate surface area is 160 Å². The summed E-state index contributed by atoms with van der Waals surface area (Å²) < 4.78 is 5.38. The standard InChI is InChI=1S/C21H16N2O5/c24-20-11-13(23(26)27)9-10-19(20)22-21(25)28-12-18-16-7-3-1-5-14(16)15-6-2-4-8-17(15)18/h1-11,18,24H,12H2,(H,22,25). The Morgan fingerprint density at radius 3 is 2.21 bits per heavy atom. The molecule has 1 amide bonds. The quantitative estimate of drug-likeness (QED) is 0.392. The number of carbonyl (C=O) groups excluding carboxylic acids is 1. The van der Waals surface area contributed by atoms with Crippen molar-refractivity contribution in [3.63, 3.8) is 0 Å². The van der Waals surface area contributed by atoms with E-state index in [9.17, 15) is 20.0 Å². The summed E-state index contributed by atoms with van der Waals surface area (Å²) in [6.45, 7) is 0.133. The maximum absolute atomic E-state index is 12.2. The number of phenols is 1. The second-order valence-corrected chi connectivity index (χ2v) is 6.41. The highest BCUT2D eigenvalue weighted by molar-refractivity contribution is 5.87. The number of nitrogens with zero attached hydrogens (tertiary/aromatic N) is 1. The summed E-state index contributed by atoms with van der Waals surface area (Å²) >= 11 is 0. The van der Waals surface area contributed by atoms with Crippen LogP contribution in [-0.4, -0.2) is 22.7 Å². The first-order valence-corrected chi connectivity index (χ1v) is 8.64. The van der Waals surface area contributed by atoms with Gasteiger partial charge in [-0.2, -0.15) is 0 Å². The minimum atomic E-state index is -0.744. The fourth-order valence-electron chi connectivity index (χ4n) is 3.48. The molecule has 0 unspecified atom stereocenters. The Morgan fingerprint density at radius 2 is 1.64 bits per heavy atom. The fourth-order valence-corrected chi connectivity index (χ4v) is 3.48. The zero-order valence-corrected chi connectivity index (χ0v) is 14.7. The fraction of sp³-hybridized carbons (Fsp3) is 0.0952. The van der Waals surface area contributed by atoms with Crippen molar-refractivity contribution in [2.45, 2.75) is 5.92 Å². The molecule has 0 atom stereocenters. The van der Waals surface area contributed by atoms with E-state index in [2.05, 4.69) is 5.32 Å². The number of rotatable bonds is 4.